The minimum absolute atomic E-state index is 0.597. The first-order chi connectivity index (χ1) is 13.1. The van der Waals surface area contributed by atoms with Crippen LogP contribution in [0.25, 0.3) is 0 Å². The number of ether oxygens (including phenoxy) is 1. The van der Waals surface area contributed by atoms with Gasteiger partial charge in [0.2, 0.25) is 0 Å². The summed E-state index contributed by atoms with van der Waals surface area (Å²) >= 11 is 5.56. The van der Waals surface area contributed by atoms with E-state index < -0.39 is 0 Å². The Morgan fingerprint density at radius 1 is 0.889 bits per heavy atom. The molecule has 0 aromatic heterocycles. The maximum absolute atomic E-state index is 10.1. The average Bonchev–Trinajstić information content (AvgIpc) is 2.72. The summed E-state index contributed by atoms with van der Waals surface area (Å²) in [7, 11) is 1.89. The third-order valence-electron chi connectivity index (χ3n) is 3.36. The van der Waals surface area contributed by atoms with Crippen molar-refractivity contribution in [1.29, 1.82) is 0 Å². The van der Waals surface area contributed by atoms with E-state index in [9.17, 15) is 4.79 Å². The lowest BCUT2D eigenvalue weighted by Crippen LogP contribution is -1.89. The summed E-state index contributed by atoms with van der Waals surface area (Å²) in [6.45, 7) is 6.06. The molecule has 3 nitrogen and oxygen atoms in total. The largest absolute Gasteiger partial charge is 0.457 e. The molecule has 142 valence electrons. The molecule has 27 heavy (non-hydrogen) atoms. The number of aryl methyl sites for hydroxylation is 1. The first-order valence-electron chi connectivity index (χ1n) is 8.84. The van der Waals surface area contributed by atoms with Crippen LogP contribution in [-0.4, -0.2) is 13.3 Å². The smallest absolute Gasteiger partial charge is 0.150 e. The summed E-state index contributed by atoms with van der Waals surface area (Å²) in [5, 5.41) is 3.68. The molecule has 0 radical (unpaired) electrons. The molecule has 0 heterocycles. The number of hydrogen-bond donors (Lipinski definition) is 1. The first-order valence-corrected chi connectivity index (χ1v) is 9.21. The van der Waals surface area contributed by atoms with Gasteiger partial charge in [0.1, 0.15) is 17.8 Å². The molecule has 0 amide bonds. The summed E-state index contributed by atoms with van der Waals surface area (Å²) in [5.41, 5.74) is 2.89. The van der Waals surface area contributed by atoms with Gasteiger partial charge in [-0.25, -0.2) is 0 Å². The van der Waals surface area contributed by atoms with E-state index >= 15 is 0 Å². The lowest BCUT2D eigenvalue weighted by molar-refractivity contribution is 0.112. The van der Waals surface area contributed by atoms with Gasteiger partial charge in [-0.15, -0.1) is 0 Å². The number of hydrogen-bond acceptors (Lipinski definition) is 3. The zero-order valence-electron chi connectivity index (χ0n) is 16.2. The number of benzene rings is 3. The molecule has 0 saturated carbocycles. The van der Waals surface area contributed by atoms with Crippen molar-refractivity contribution in [2.75, 3.05) is 12.4 Å². The van der Waals surface area contributed by atoms with Crippen molar-refractivity contribution in [2.45, 2.75) is 20.8 Å². The van der Waals surface area contributed by atoms with Gasteiger partial charge in [-0.2, -0.15) is 0 Å². The summed E-state index contributed by atoms with van der Waals surface area (Å²) < 4.78 is 5.74. The number of halogens is 1. The van der Waals surface area contributed by atoms with Crippen molar-refractivity contribution in [3.8, 4) is 11.5 Å². The molecular weight excluding hydrogens is 358 g/mol. The van der Waals surface area contributed by atoms with Crippen LogP contribution in [0.1, 0.15) is 29.8 Å². The van der Waals surface area contributed by atoms with Gasteiger partial charge in [0.15, 0.2) is 0 Å². The molecule has 0 spiro atoms. The highest BCUT2D eigenvalue weighted by atomic mass is 35.5. The quantitative estimate of drug-likeness (QED) is 0.492. The maximum Gasteiger partial charge on any atom is 0.150 e. The second-order valence-electron chi connectivity index (χ2n) is 5.37. The third-order valence-corrected chi connectivity index (χ3v) is 3.60. The zero-order chi connectivity index (χ0) is 20.1. The van der Waals surface area contributed by atoms with Gasteiger partial charge < -0.3 is 10.1 Å². The van der Waals surface area contributed by atoms with Crippen LogP contribution in [0.3, 0.4) is 0 Å². The van der Waals surface area contributed by atoms with E-state index in [2.05, 4.69) is 12.2 Å². The zero-order valence-corrected chi connectivity index (χ0v) is 17.0. The van der Waals surface area contributed by atoms with E-state index in [1.165, 1.54) is 5.56 Å². The highest BCUT2D eigenvalue weighted by Crippen LogP contribution is 2.24. The molecule has 4 heteroatoms. The third kappa shape index (κ3) is 8.43. The second-order valence-corrected chi connectivity index (χ2v) is 5.80. The van der Waals surface area contributed by atoms with E-state index in [0.29, 0.717) is 10.6 Å². The lowest BCUT2D eigenvalue weighted by atomic mass is 10.2. The topological polar surface area (TPSA) is 38.3 Å². The maximum atomic E-state index is 10.1. The van der Waals surface area contributed by atoms with E-state index in [0.717, 1.165) is 23.5 Å². The summed E-state index contributed by atoms with van der Waals surface area (Å²) in [4.78, 5) is 10.1. The first kappa shape index (κ1) is 22.3. The standard InChI is InChI=1S/C14H15NO.C7H5ClO.C2H6/c1-11-6-8-13(9-7-11)16-14-5-3-4-12(10-14)15-2;8-7-3-1-2-6(4-7)5-9;1-2/h3-10,15H,1-2H3;1-5H;1-2H3. The number of carbonyl (C=O) groups is 1. The van der Waals surface area contributed by atoms with Crippen LogP contribution in [0, 0.1) is 6.92 Å². The van der Waals surface area contributed by atoms with Crippen LogP contribution in [0.5, 0.6) is 11.5 Å². The van der Waals surface area contributed by atoms with Crippen LogP contribution >= 0.6 is 11.6 Å². The minimum atomic E-state index is 0.597. The Morgan fingerprint density at radius 3 is 2.11 bits per heavy atom. The summed E-state index contributed by atoms with van der Waals surface area (Å²) in [5.74, 6) is 1.70. The SMILES string of the molecule is CC.CNc1cccc(Oc2ccc(C)cc2)c1.O=Cc1cccc(Cl)c1. The Bertz CT molecular complexity index is 817. The molecule has 0 atom stereocenters. The molecule has 1 N–H and O–H groups in total. The molecule has 0 saturated heterocycles. The molecule has 3 aromatic rings. The normalized spacial score (nSPS) is 9.07. The van der Waals surface area contributed by atoms with E-state index in [-0.39, 0.29) is 0 Å². The van der Waals surface area contributed by atoms with Gasteiger partial charge in [0.25, 0.3) is 0 Å². The fourth-order valence-electron chi connectivity index (χ4n) is 2.04. The highest BCUT2D eigenvalue weighted by Gasteiger charge is 1.97. The van der Waals surface area contributed by atoms with Crippen molar-refractivity contribution in [1.82, 2.24) is 0 Å². The van der Waals surface area contributed by atoms with Gasteiger partial charge >= 0.3 is 0 Å². The van der Waals surface area contributed by atoms with Crippen molar-refractivity contribution in [3.63, 3.8) is 0 Å². The number of anilines is 1. The predicted molar refractivity (Wildman–Crippen MR) is 115 cm³/mol. The number of rotatable bonds is 4. The fraction of sp³-hybridized carbons (Fsp3) is 0.174. The molecular formula is C23H26ClNO2. The number of aldehydes is 1. The highest BCUT2D eigenvalue weighted by molar-refractivity contribution is 6.30. The molecule has 3 aromatic carbocycles. The van der Waals surface area contributed by atoms with Crippen molar-refractivity contribution in [3.05, 3.63) is 88.9 Å². The summed E-state index contributed by atoms with van der Waals surface area (Å²) in [6, 6.07) is 22.7. The van der Waals surface area contributed by atoms with Gasteiger partial charge in [0.05, 0.1) is 0 Å². The van der Waals surface area contributed by atoms with E-state index in [1.54, 1.807) is 24.3 Å². The second kappa shape index (κ2) is 12.6. The Morgan fingerprint density at radius 2 is 1.56 bits per heavy atom. The minimum Gasteiger partial charge on any atom is -0.457 e. The van der Waals surface area contributed by atoms with Crippen molar-refractivity contribution < 1.29 is 9.53 Å². The molecule has 0 aliphatic heterocycles. The predicted octanol–water partition coefficient (Wildman–Crippen LogP) is 7.01. The van der Waals surface area contributed by atoms with Crippen molar-refractivity contribution >= 4 is 23.6 Å². The van der Waals surface area contributed by atoms with Crippen molar-refractivity contribution in [2.24, 2.45) is 0 Å². The van der Waals surface area contributed by atoms with Gasteiger partial charge in [0, 0.05) is 29.4 Å². The fourth-order valence-corrected chi connectivity index (χ4v) is 2.24. The Hall–Kier alpha value is -2.78. The lowest BCUT2D eigenvalue weighted by Gasteiger charge is -2.07. The average molecular weight is 384 g/mol. The number of nitrogens with one attached hydrogen (secondary N) is 1. The molecule has 0 fully saturated rings. The van der Waals surface area contributed by atoms with Crippen LogP contribution in [-0.2, 0) is 0 Å². The monoisotopic (exact) mass is 383 g/mol. The van der Waals surface area contributed by atoms with E-state index in [1.807, 2.05) is 69.4 Å². The molecule has 0 aliphatic carbocycles. The van der Waals surface area contributed by atoms with E-state index in [4.69, 9.17) is 16.3 Å². The summed E-state index contributed by atoms with van der Waals surface area (Å²) in [6.07, 6.45) is 0.770. The Balaban J connectivity index is 0.000000282. The van der Waals surface area contributed by atoms with Crippen LogP contribution in [0.2, 0.25) is 5.02 Å². The molecule has 0 unspecified atom stereocenters. The van der Waals surface area contributed by atoms with Crippen LogP contribution in [0.4, 0.5) is 5.69 Å². The Labute approximate surface area is 167 Å². The Kier molecular flexibility index (Phi) is 10.4. The van der Waals surface area contributed by atoms with Gasteiger partial charge in [-0.05, 0) is 43.3 Å². The van der Waals surface area contributed by atoms with Gasteiger partial charge in [-0.1, -0.05) is 61.3 Å². The number of carbonyl (C=O) groups excluding carboxylic acids is 1. The van der Waals surface area contributed by atoms with Crippen LogP contribution < -0.4 is 10.1 Å². The molecule has 0 bridgehead atoms. The van der Waals surface area contributed by atoms with Crippen LogP contribution in [0.15, 0.2) is 72.8 Å². The molecule has 3 rings (SSSR count). The van der Waals surface area contributed by atoms with Gasteiger partial charge in [-0.3, -0.25) is 4.79 Å². The molecule has 0 aliphatic rings.